The third-order valence-corrected chi connectivity index (χ3v) is 5.03. The van der Waals surface area contributed by atoms with Gasteiger partial charge in [-0.3, -0.25) is 9.79 Å². The van der Waals surface area contributed by atoms with E-state index in [9.17, 15) is 4.79 Å². The molecule has 1 saturated heterocycles. The highest BCUT2D eigenvalue weighted by molar-refractivity contribution is 14.0. The Morgan fingerprint density at radius 1 is 1.14 bits per heavy atom. The van der Waals surface area contributed by atoms with Gasteiger partial charge in [-0.25, -0.2) is 0 Å². The number of amides is 1. The second kappa shape index (κ2) is 15.3. The van der Waals surface area contributed by atoms with Crippen molar-refractivity contribution >= 4 is 35.8 Å². The van der Waals surface area contributed by atoms with Crippen molar-refractivity contribution in [1.29, 1.82) is 0 Å². The normalized spacial score (nSPS) is 15.4. The number of piperidine rings is 1. The molecule has 0 saturated carbocycles. The largest absolute Gasteiger partial charge is 0.494 e. The van der Waals surface area contributed by atoms with E-state index in [1.54, 1.807) is 7.05 Å². The fourth-order valence-corrected chi connectivity index (χ4v) is 3.31. The van der Waals surface area contributed by atoms with Gasteiger partial charge in [-0.1, -0.05) is 18.2 Å². The third-order valence-electron chi connectivity index (χ3n) is 5.03. The van der Waals surface area contributed by atoms with Crippen LogP contribution in [0.3, 0.4) is 0 Å². The van der Waals surface area contributed by atoms with Gasteiger partial charge in [0.15, 0.2) is 5.96 Å². The molecule has 29 heavy (non-hydrogen) atoms. The first-order valence-corrected chi connectivity index (χ1v) is 10.3. The molecule has 1 fully saturated rings. The van der Waals surface area contributed by atoms with Gasteiger partial charge in [0.25, 0.3) is 0 Å². The summed E-state index contributed by atoms with van der Waals surface area (Å²) in [5.74, 6) is 1.67. The monoisotopic (exact) mass is 517 g/mol. The lowest BCUT2D eigenvalue weighted by Crippen LogP contribution is -2.40. The van der Waals surface area contributed by atoms with Crippen LogP contribution in [0.15, 0.2) is 35.3 Å². The van der Waals surface area contributed by atoms with E-state index in [4.69, 9.17) is 10.5 Å². The number of guanidine groups is 1. The number of nitrogens with zero attached hydrogens (tertiary/aromatic N) is 2. The maximum absolute atomic E-state index is 11.2. The van der Waals surface area contributed by atoms with Crippen molar-refractivity contribution in [3.63, 3.8) is 0 Å². The lowest BCUT2D eigenvalue weighted by Gasteiger charge is -2.30. The summed E-state index contributed by atoms with van der Waals surface area (Å²) in [6.45, 7) is 5.44. The van der Waals surface area contributed by atoms with E-state index in [1.165, 1.54) is 0 Å². The van der Waals surface area contributed by atoms with Crippen LogP contribution in [0.1, 0.15) is 32.1 Å². The van der Waals surface area contributed by atoms with Gasteiger partial charge < -0.3 is 26.0 Å². The van der Waals surface area contributed by atoms with Crippen LogP contribution < -0.4 is 21.1 Å². The van der Waals surface area contributed by atoms with Crippen LogP contribution in [0, 0.1) is 5.92 Å². The predicted octanol–water partition coefficient (Wildman–Crippen LogP) is 2.22. The molecule has 2 rings (SSSR count). The Labute approximate surface area is 191 Å². The predicted molar refractivity (Wildman–Crippen MR) is 129 cm³/mol. The maximum Gasteiger partial charge on any atom is 0.220 e. The van der Waals surface area contributed by atoms with E-state index in [-0.39, 0.29) is 35.8 Å². The summed E-state index contributed by atoms with van der Waals surface area (Å²) >= 11 is 0. The number of benzene rings is 1. The highest BCUT2D eigenvalue weighted by Gasteiger charge is 2.22. The smallest absolute Gasteiger partial charge is 0.220 e. The average Bonchev–Trinajstić information content (AvgIpc) is 2.73. The number of aliphatic imine (C=N–C) groups is 1. The zero-order valence-electron chi connectivity index (χ0n) is 17.4. The van der Waals surface area contributed by atoms with Crippen LogP contribution in [0.4, 0.5) is 0 Å². The molecular formula is C21H36IN5O2. The van der Waals surface area contributed by atoms with Crippen molar-refractivity contribution in [2.45, 2.75) is 32.1 Å². The van der Waals surface area contributed by atoms with Crippen LogP contribution in [-0.4, -0.2) is 63.1 Å². The lowest BCUT2D eigenvalue weighted by molar-refractivity contribution is -0.123. The fraction of sp³-hybridized carbons (Fsp3) is 0.619. The van der Waals surface area contributed by atoms with Gasteiger partial charge >= 0.3 is 0 Å². The first-order valence-electron chi connectivity index (χ1n) is 10.3. The molecule has 1 aliphatic rings. The SMILES string of the molecule is CN=C(NCCCCN1CCC(C(N)=O)CC1)NCCCOc1ccccc1.I. The summed E-state index contributed by atoms with van der Waals surface area (Å²) in [4.78, 5) is 17.9. The van der Waals surface area contributed by atoms with Crippen LogP contribution >= 0.6 is 24.0 Å². The second-order valence-electron chi connectivity index (χ2n) is 7.17. The van der Waals surface area contributed by atoms with E-state index in [0.29, 0.717) is 6.61 Å². The minimum Gasteiger partial charge on any atom is -0.494 e. The van der Waals surface area contributed by atoms with E-state index >= 15 is 0 Å². The quantitative estimate of drug-likeness (QED) is 0.181. The van der Waals surface area contributed by atoms with Crippen molar-refractivity contribution in [2.24, 2.45) is 16.6 Å². The molecule has 7 nitrogen and oxygen atoms in total. The average molecular weight is 517 g/mol. The molecule has 1 heterocycles. The summed E-state index contributed by atoms with van der Waals surface area (Å²) in [6, 6.07) is 9.86. The van der Waals surface area contributed by atoms with E-state index in [0.717, 1.165) is 76.5 Å². The number of carbonyl (C=O) groups is 1. The van der Waals surface area contributed by atoms with Crippen LogP contribution in [0.25, 0.3) is 0 Å². The number of hydrogen-bond acceptors (Lipinski definition) is 4. The molecule has 1 aromatic rings. The number of rotatable bonds is 11. The minimum absolute atomic E-state index is 0. The maximum atomic E-state index is 11.2. The first-order chi connectivity index (χ1) is 13.7. The van der Waals surface area contributed by atoms with Crippen molar-refractivity contribution in [1.82, 2.24) is 15.5 Å². The standard InChI is InChI=1S/C21H35N5O2.HI/c1-23-21(25-13-7-17-28-19-8-3-2-4-9-19)24-12-5-6-14-26-15-10-18(11-16-26)20(22)27;/h2-4,8-9,18H,5-7,10-17H2,1H3,(H2,22,27)(H2,23,24,25);1H. The number of para-hydroxylation sites is 1. The van der Waals surface area contributed by atoms with Gasteiger partial charge in [-0.15, -0.1) is 24.0 Å². The Bertz CT molecular complexity index is 592. The van der Waals surface area contributed by atoms with E-state index < -0.39 is 0 Å². The summed E-state index contributed by atoms with van der Waals surface area (Å²) < 4.78 is 5.68. The molecular weight excluding hydrogens is 481 g/mol. The molecule has 0 atom stereocenters. The third kappa shape index (κ3) is 10.7. The Hall–Kier alpha value is -1.55. The van der Waals surface area contributed by atoms with Gasteiger partial charge in [0.1, 0.15) is 5.75 Å². The molecule has 0 aliphatic carbocycles. The molecule has 1 aliphatic heterocycles. The van der Waals surface area contributed by atoms with Gasteiger partial charge in [0, 0.05) is 26.1 Å². The summed E-state index contributed by atoms with van der Waals surface area (Å²) in [6.07, 6.45) is 4.94. The number of unbranched alkanes of at least 4 members (excludes halogenated alkanes) is 1. The zero-order valence-corrected chi connectivity index (χ0v) is 19.8. The second-order valence-corrected chi connectivity index (χ2v) is 7.17. The highest BCUT2D eigenvalue weighted by Crippen LogP contribution is 2.16. The number of hydrogen-bond donors (Lipinski definition) is 3. The molecule has 0 unspecified atom stereocenters. The minimum atomic E-state index is -0.144. The Morgan fingerprint density at radius 2 is 1.79 bits per heavy atom. The molecule has 0 aromatic heterocycles. The van der Waals surface area contributed by atoms with E-state index in [1.807, 2.05) is 30.3 Å². The van der Waals surface area contributed by atoms with Crippen molar-refractivity contribution in [3.05, 3.63) is 30.3 Å². The van der Waals surface area contributed by atoms with Crippen LogP contribution in [0.2, 0.25) is 0 Å². The van der Waals surface area contributed by atoms with Gasteiger partial charge in [0.05, 0.1) is 6.61 Å². The Kier molecular flexibility index (Phi) is 13.5. The number of carbonyl (C=O) groups excluding carboxylic acids is 1. The lowest BCUT2D eigenvalue weighted by atomic mass is 9.96. The topological polar surface area (TPSA) is 92.0 Å². The summed E-state index contributed by atoms with van der Waals surface area (Å²) in [5.41, 5.74) is 5.38. The van der Waals surface area contributed by atoms with Gasteiger partial charge in [0.2, 0.25) is 5.91 Å². The molecule has 0 radical (unpaired) electrons. The van der Waals surface area contributed by atoms with Crippen molar-refractivity contribution in [2.75, 3.05) is 46.4 Å². The first kappa shape index (κ1) is 25.5. The van der Waals surface area contributed by atoms with Crippen LogP contribution in [0.5, 0.6) is 5.75 Å². The molecule has 1 aromatic carbocycles. The molecule has 164 valence electrons. The number of ether oxygens (including phenoxy) is 1. The van der Waals surface area contributed by atoms with Crippen molar-refractivity contribution < 1.29 is 9.53 Å². The Morgan fingerprint density at radius 3 is 2.41 bits per heavy atom. The summed E-state index contributed by atoms with van der Waals surface area (Å²) in [5, 5.41) is 6.67. The molecule has 4 N–H and O–H groups in total. The number of primary amides is 1. The summed E-state index contributed by atoms with van der Waals surface area (Å²) in [7, 11) is 1.79. The van der Waals surface area contributed by atoms with Gasteiger partial charge in [-0.2, -0.15) is 0 Å². The molecule has 8 heteroatoms. The zero-order chi connectivity index (χ0) is 20.0. The molecule has 0 spiro atoms. The van der Waals surface area contributed by atoms with E-state index in [2.05, 4.69) is 20.5 Å². The number of halogens is 1. The number of likely N-dealkylation sites (tertiary alicyclic amines) is 1. The number of nitrogens with one attached hydrogen (secondary N) is 2. The van der Waals surface area contributed by atoms with Gasteiger partial charge in [-0.05, 0) is 63.9 Å². The number of nitrogens with two attached hydrogens (primary N) is 1. The Balaban J connectivity index is 0.00000420. The molecule has 1 amide bonds. The highest BCUT2D eigenvalue weighted by atomic mass is 127. The fourth-order valence-electron chi connectivity index (χ4n) is 3.31. The molecule has 0 bridgehead atoms. The van der Waals surface area contributed by atoms with Crippen molar-refractivity contribution in [3.8, 4) is 5.75 Å². The van der Waals surface area contributed by atoms with Crippen LogP contribution in [-0.2, 0) is 4.79 Å².